The van der Waals surface area contributed by atoms with E-state index in [1.54, 1.807) is 24.5 Å². The first kappa shape index (κ1) is 12.0. The standard InChI is InChI=1S/C14H15FN4/c15-12-3-1-10(2-4-12)11-7-17-14(18-8-11)19-13-5-6-16-9-13/h1-4,7-8,13,16H,5-6,9H2,(H,17,18,19). The van der Waals surface area contributed by atoms with E-state index < -0.39 is 0 Å². The quantitative estimate of drug-likeness (QED) is 0.884. The normalized spacial score (nSPS) is 18.5. The Morgan fingerprint density at radius 3 is 2.47 bits per heavy atom. The van der Waals surface area contributed by atoms with Crippen molar-refractivity contribution < 1.29 is 4.39 Å². The largest absolute Gasteiger partial charge is 0.350 e. The number of aromatic nitrogens is 2. The fourth-order valence-corrected chi connectivity index (χ4v) is 2.15. The van der Waals surface area contributed by atoms with Crippen molar-refractivity contribution >= 4 is 5.95 Å². The number of nitrogens with one attached hydrogen (secondary N) is 2. The third-order valence-corrected chi connectivity index (χ3v) is 3.22. The summed E-state index contributed by atoms with van der Waals surface area (Å²) >= 11 is 0. The minimum atomic E-state index is -0.239. The molecule has 0 bridgehead atoms. The third kappa shape index (κ3) is 2.88. The number of halogens is 1. The van der Waals surface area contributed by atoms with Gasteiger partial charge in [0.25, 0.3) is 0 Å². The lowest BCUT2D eigenvalue weighted by Gasteiger charge is -2.11. The molecule has 4 nitrogen and oxygen atoms in total. The second-order valence-corrected chi connectivity index (χ2v) is 4.64. The molecular formula is C14H15FN4. The van der Waals surface area contributed by atoms with Crippen LogP contribution in [-0.4, -0.2) is 29.1 Å². The predicted octanol–water partition coefficient (Wildman–Crippen LogP) is 2.06. The Morgan fingerprint density at radius 1 is 1.11 bits per heavy atom. The zero-order valence-corrected chi connectivity index (χ0v) is 10.4. The summed E-state index contributed by atoms with van der Waals surface area (Å²) in [5.74, 6) is 0.399. The summed E-state index contributed by atoms with van der Waals surface area (Å²) in [6.07, 6.45) is 4.60. The van der Waals surface area contributed by atoms with Gasteiger partial charge in [-0.2, -0.15) is 0 Å². The average molecular weight is 258 g/mol. The summed E-state index contributed by atoms with van der Waals surface area (Å²) in [5.41, 5.74) is 1.80. The second kappa shape index (κ2) is 5.32. The highest BCUT2D eigenvalue weighted by Gasteiger charge is 2.14. The SMILES string of the molecule is Fc1ccc(-c2cnc(NC3CCNC3)nc2)cc1. The molecule has 0 amide bonds. The van der Waals surface area contributed by atoms with Crippen LogP contribution >= 0.6 is 0 Å². The van der Waals surface area contributed by atoms with E-state index in [4.69, 9.17) is 0 Å². The van der Waals surface area contributed by atoms with E-state index in [1.165, 1.54) is 12.1 Å². The van der Waals surface area contributed by atoms with Crippen molar-refractivity contribution in [2.75, 3.05) is 18.4 Å². The van der Waals surface area contributed by atoms with Crippen LogP contribution in [0, 0.1) is 5.82 Å². The molecule has 0 radical (unpaired) electrons. The molecule has 2 heterocycles. The molecule has 98 valence electrons. The maximum Gasteiger partial charge on any atom is 0.222 e. The first-order valence-corrected chi connectivity index (χ1v) is 6.36. The third-order valence-electron chi connectivity index (χ3n) is 3.22. The van der Waals surface area contributed by atoms with Crippen molar-refractivity contribution in [2.24, 2.45) is 0 Å². The Hall–Kier alpha value is -2.01. The van der Waals surface area contributed by atoms with E-state index in [0.29, 0.717) is 12.0 Å². The van der Waals surface area contributed by atoms with E-state index in [-0.39, 0.29) is 5.82 Å². The summed E-state index contributed by atoms with van der Waals surface area (Å²) in [7, 11) is 0. The zero-order chi connectivity index (χ0) is 13.1. The van der Waals surface area contributed by atoms with Gasteiger partial charge in [-0.15, -0.1) is 0 Å². The van der Waals surface area contributed by atoms with Gasteiger partial charge in [-0.1, -0.05) is 12.1 Å². The number of rotatable bonds is 3. The first-order chi connectivity index (χ1) is 9.31. The van der Waals surface area contributed by atoms with Crippen molar-refractivity contribution in [2.45, 2.75) is 12.5 Å². The molecule has 1 aliphatic rings. The van der Waals surface area contributed by atoms with Gasteiger partial charge in [-0.05, 0) is 30.7 Å². The fraction of sp³-hybridized carbons (Fsp3) is 0.286. The van der Waals surface area contributed by atoms with Crippen molar-refractivity contribution in [1.29, 1.82) is 0 Å². The van der Waals surface area contributed by atoms with Crippen LogP contribution in [-0.2, 0) is 0 Å². The van der Waals surface area contributed by atoms with Crippen LogP contribution in [0.3, 0.4) is 0 Å². The van der Waals surface area contributed by atoms with Crippen LogP contribution in [0.2, 0.25) is 0 Å². The summed E-state index contributed by atoms with van der Waals surface area (Å²) in [6.45, 7) is 1.98. The van der Waals surface area contributed by atoms with Gasteiger partial charge in [0.1, 0.15) is 5.82 Å². The molecule has 1 unspecified atom stereocenters. The van der Waals surface area contributed by atoms with Gasteiger partial charge in [-0.25, -0.2) is 14.4 Å². The Labute approximate surface area is 111 Å². The van der Waals surface area contributed by atoms with Crippen LogP contribution in [0.5, 0.6) is 0 Å². The number of anilines is 1. The van der Waals surface area contributed by atoms with Crippen molar-refractivity contribution in [3.05, 3.63) is 42.5 Å². The minimum Gasteiger partial charge on any atom is -0.350 e. The van der Waals surface area contributed by atoms with Gasteiger partial charge in [0.05, 0.1) is 0 Å². The Balaban J connectivity index is 1.72. The van der Waals surface area contributed by atoms with Crippen LogP contribution in [0.25, 0.3) is 11.1 Å². The van der Waals surface area contributed by atoms with E-state index in [0.717, 1.165) is 30.6 Å². The summed E-state index contributed by atoms with van der Waals surface area (Å²) in [6, 6.07) is 6.72. The molecule has 2 N–H and O–H groups in total. The number of hydrogen-bond donors (Lipinski definition) is 2. The molecule has 2 aromatic rings. The molecular weight excluding hydrogens is 243 g/mol. The molecule has 1 aromatic carbocycles. The highest BCUT2D eigenvalue weighted by molar-refractivity contribution is 5.61. The Morgan fingerprint density at radius 2 is 1.84 bits per heavy atom. The van der Waals surface area contributed by atoms with Gasteiger partial charge in [0.2, 0.25) is 5.95 Å². The van der Waals surface area contributed by atoms with Gasteiger partial charge in [-0.3, -0.25) is 0 Å². The Kier molecular flexibility index (Phi) is 3.37. The van der Waals surface area contributed by atoms with Crippen LogP contribution < -0.4 is 10.6 Å². The summed E-state index contributed by atoms with van der Waals surface area (Å²) in [5, 5.41) is 6.57. The fourth-order valence-electron chi connectivity index (χ4n) is 2.15. The maximum absolute atomic E-state index is 12.8. The van der Waals surface area contributed by atoms with Gasteiger partial charge in [0, 0.05) is 30.5 Å². The molecule has 1 aromatic heterocycles. The van der Waals surface area contributed by atoms with Crippen LogP contribution in [0.1, 0.15) is 6.42 Å². The van der Waals surface area contributed by atoms with Crippen LogP contribution in [0.15, 0.2) is 36.7 Å². The molecule has 1 fully saturated rings. The molecule has 19 heavy (non-hydrogen) atoms. The van der Waals surface area contributed by atoms with Crippen molar-refractivity contribution in [3.63, 3.8) is 0 Å². The lowest BCUT2D eigenvalue weighted by atomic mass is 10.1. The van der Waals surface area contributed by atoms with Gasteiger partial charge < -0.3 is 10.6 Å². The lowest BCUT2D eigenvalue weighted by Crippen LogP contribution is -2.23. The summed E-state index contributed by atoms with van der Waals surface area (Å²) < 4.78 is 12.8. The highest BCUT2D eigenvalue weighted by Crippen LogP contribution is 2.18. The van der Waals surface area contributed by atoms with Crippen molar-refractivity contribution in [1.82, 2.24) is 15.3 Å². The second-order valence-electron chi connectivity index (χ2n) is 4.64. The highest BCUT2D eigenvalue weighted by atomic mass is 19.1. The maximum atomic E-state index is 12.8. The molecule has 0 saturated carbocycles. The molecule has 0 aliphatic carbocycles. The molecule has 1 saturated heterocycles. The first-order valence-electron chi connectivity index (χ1n) is 6.36. The van der Waals surface area contributed by atoms with Crippen LogP contribution in [0.4, 0.5) is 10.3 Å². The Bertz CT molecular complexity index is 532. The lowest BCUT2D eigenvalue weighted by molar-refractivity contribution is 0.628. The molecule has 1 atom stereocenters. The molecule has 0 spiro atoms. The number of benzene rings is 1. The van der Waals surface area contributed by atoms with E-state index in [1.807, 2.05) is 0 Å². The monoisotopic (exact) mass is 258 g/mol. The van der Waals surface area contributed by atoms with Gasteiger partial charge >= 0.3 is 0 Å². The molecule has 5 heteroatoms. The van der Waals surface area contributed by atoms with E-state index >= 15 is 0 Å². The summed E-state index contributed by atoms with van der Waals surface area (Å²) in [4.78, 5) is 8.59. The number of nitrogens with zero attached hydrogens (tertiary/aromatic N) is 2. The minimum absolute atomic E-state index is 0.239. The van der Waals surface area contributed by atoms with Gasteiger partial charge in [0.15, 0.2) is 0 Å². The number of hydrogen-bond acceptors (Lipinski definition) is 4. The van der Waals surface area contributed by atoms with E-state index in [2.05, 4.69) is 20.6 Å². The predicted molar refractivity (Wildman–Crippen MR) is 72.3 cm³/mol. The smallest absolute Gasteiger partial charge is 0.222 e. The molecule has 1 aliphatic heterocycles. The zero-order valence-electron chi connectivity index (χ0n) is 10.4. The van der Waals surface area contributed by atoms with Crippen molar-refractivity contribution in [3.8, 4) is 11.1 Å². The topological polar surface area (TPSA) is 49.8 Å². The van der Waals surface area contributed by atoms with E-state index in [9.17, 15) is 4.39 Å². The molecule has 3 rings (SSSR count). The average Bonchev–Trinajstić information content (AvgIpc) is 2.94.